The van der Waals surface area contributed by atoms with Gasteiger partial charge >= 0.3 is 11.9 Å². The lowest BCUT2D eigenvalue weighted by Gasteiger charge is -1.92. The summed E-state index contributed by atoms with van der Waals surface area (Å²) in [6.45, 7) is 0.0805. The van der Waals surface area contributed by atoms with Gasteiger partial charge in [-0.2, -0.15) is 0 Å². The summed E-state index contributed by atoms with van der Waals surface area (Å²) in [5, 5.41) is 24.1. The highest BCUT2D eigenvalue weighted by Crippen LogP contribution is 2.08. The average Bonchev–Trinajstić information content (AvgIpc) is 2.20. The zero-order valence-corrected chi connectivity index (χ0v) is 8.31. The molecule has 5 nitrogen and oxygen atoms in total. The van der Waals surface area contributed by atoms with Crippen LogP contribution in [0.2, 0.25) is 5.02 Å². The van der Waals surface area contributed by atoms with E-state index in [4.69, 9.17) is 36.5 Å². The van der Waals surface area contributed by atoms with Gasteiger partial charge in [-0.05, 0) is 17.7 Å². The van der Waals surface area contributed by atoms with E-state index < -0.39 is 11.9 Å². The van der Waals surface area contributed by atoms with Crippen molar-refractivity contribution in [2.45, 2.75) is 6.61 Å². The molecule has 82 valence electrons. The molecule has 3 N–H and O–H groups in total. The maximum absolute atomic E-state index is 9.10. The van der Waals surface area contributed by atoms with E-state index in [9.17, 15) is 0 Å². The molecule has 0 aliphatic carbocycles. The highest BCUT2D eigenvalue weighted by molar-refractivity contribution is 6.30. The summed E-state index contributed by atoms with van der Waals surface area (Å²) in [5.74, 6) is -3.65. The number of carbonyl (C=O) groups is 2. The van der Waals surface area contributed by atoms with Crippen molar-refractivity contribution in [3.05, 3.63) is 34.9 Å². The van der Waals surface area contributed by atoms with Gasteiger partial charge in [0.05, 0.1) is 6.61 Å². The maximum atomic E-state index is 9.10. The molecule has 0 radical (unpaired) electrons. The molecule has 0 heterocycles. The third-order valence-corrected chi connectivity index (χ3v) is 1.53. The van der Waals surface area contributed by atoms with E-state index in [0.29, 0.717) is 5.02 Å². The third kappa shape index (κ3) is 6.48. The Balaban J connectivity index is 0.000000288. The van der Waals surface area contributed by atoms with Crippen molar-refractivity contribution in [3.63, 3.8) is 0 Å². The maximum Gasteiger partial charge on any atom is 0.414 e. The van der Waals surface area contributed by atoms with Crippen LogP contribution in [-0.4, -0.2) is 27.3 Å². The Kier molecular flexibility index (Phi) is 6.08. The van der Waals surface area contributed by atoms with Crippen LogP contribution in [0.4, 0.5) is 0 Å². The molecule has 0 atom stereocenters. The van der Waals surface area contributed by atoms with Crippen LogP contribution in [0.3, 0.4) is 0 Å². The lowest BCUT2D eigenvalue weighted by molar-refractivity contribution is -0.159. The predicted octanol–water partition coefficient (Wildman–Crippen LogP) is 0.988. The zero-order valence-electron chi connectivity index (χ0n) is 7.55. The molecule has 0 bridgehead atoms. The summed E-state index contributed by atoms with van der Waals surface area (Å²) < 4.78 is 0. The van der Waals surface area contributed by atoms with Gasteiger partial charge in [0.1, 0.15) is 0 Å². The molecule has 1 aromatic rings. The van der Waals surface area contributed by atoms with Crippen LogP contribution in [0, 0.1) is 0 Å². The quantitative estimate of drug-likeness (QED) is 0.628. The van der Waals surface area contributed by atoms with Gasteiger partial charge in [-0.25, -0.2) is 9.59 Å². The molecule has 6 heteroatoms. The van der Waals surface area contributed by atoms with Crippen LogP contribution in [0.15, 0.2) is 24.3 Å². The molecule has 1 aromatic carbocycles. The monoisotopic (exact) mass is 232 g/mol. The van der Waals surface area contributed by atoms with Gasteiger partial charge in [-0.15, -0.1) is 0 Å². The van der Waals surface area contributed by atoms with Crippen LogP contribution < -0.4 is 0 Å². The van der Waals surface area contributed by atoms with E-state index >= 15 is 0 Å². The fraction of sp³-hybridized carbons (Fsp3) is 0.111. The fourth-order valence-electron chi connectivity index (χ4n) is 0.590. The largest absolute Gasteiger partial charge is 0.473 e. The molecule has 0 amide bonds. The van der Waals surface area contributed by atoms with Gasteiger partial charge in [-0.1, -0.05) is 23.7 Å². The SMILES string of the molecule is O=C(O)C(=O)O.OCc1ccc(Cl)cc1. The predicted molar refractivity (Wildman–Crippen MR) is 52.6 cm³/mol. The lowest BCUT2D eigenvalue weighted by Crippen LogP contribution is -2.09. The molecule has 15 heavy (non-hydrogen) atoms. The van der Waals surface area contributed by atoms with Crippen LogP contribution in [0.25, 0.3) is 0 Å². The van der Waals surface area contributed by atoms with Crippen molar-refractivity contribution >= 4 is 23.5 Å². The number of aliphatic hydroxyl groups excluding tert-OH is 1. The number of aliphatic hydroxyl groups is 1. The highest BCUT2D eigenvalue weighted by Gasteiger charge is 2.04. The molecule has 0 fully saturated rings. The number of hydrogen-bond donors (Lipinski definition) is 3. The van der Waals surface area contributed by atoms with Gasteiger partial charge in [0.2, 0.25) is 0 Å². The van der Waals surface area contributed by atoms with E-state index in [0.717, 1.165) is 5.56 Å². The van der Waals surface area contributed by atoms with E-state index in [2.05, 4.69) is 0 Å². The number of hydrogen-bond acceptors (Lipinski definition) is 3. The molecule has 0 unspecified atom stereocenters. The molecular formula is C9H9ClO5. The van der Waals surface area contributed by atoms with E-state index in [-0.39, 0.29) is 6.61 Å². The smallest absolute Gasteiger partial charge is 0.414 e. The van der Waals surface area contributed by atoms with Crippen molar-refractivity contribution in [1.29, 1.82) is 0 Å². The van der Waals surface area contributed by atoms with Gasteiger partial charge < -0.3 is 15.3 Å². The Morgan fingerprint density at radius 1 is 1.07 bits per heavy atom. The van der Waals surface area contributed by atoms with Crippen LogP contribution >= 0.6 is 11.6 Å². The van der Waals surface area contributed by atoms with Crippen LogP contribution in [0.1, 0.15) is 5.56 Å². The molecule has 1 rings (SSSR count). The lowest BCUT2D eigenvalue weighted by atomic mass is 10.2. The summed E-state index contributed by atoms with van der Waals surface area (Å²) in [5.41, 5.74) is 0.888. The summed E-state index contributed by atoms with van der Waals surface area (Å²) in [6.07, 6.45) is 0. The molecule has 0 saturated heterocycles. The minimum Gasteiger partial charge on any atom is -0.473 e. The number of halogens is 1. The third-order valence-electron chi connectivity index (χ3n) is 1.28. The summed E-state index contributed by atoms with van der Waals surface area (Å²) >= 11 is 5.59. The number of rotatable bonds is 1. The second-order valence-corrected chi connectivity index (χ2v) is 2.83. The first-order valence-electron chi connectivity index (χ1n) is 3.79. The van der Waals surface area contributed by atoms with Crippen LogP contribution in [0.5, 0.6) is 0 Å². The average molecular weight is 233 g/mol. The number of aliphatic carboxylic acids is 2. The summed E-state index contributed by atoms with van der Waals surface area (Å²) in [7, 11) is 0. The van der Waals surface area contributed by atoms with Crippen molar-refractivity contribution in [3.8, 4) is 0 Å². The van der Waals surface area contributed by atoms with Crippen molar-refractivity contribution in [1.82, 2.24) is 0 Å². The van der Waals surface area contributed by atoms with Crippen molar-refractivity contribution < 1.29 is 24.9 Å². The van der Waals surface area contributed by atoms with Gasteiger partial charge in [0, 0.05) is 5.02 Å². The molecule has 0 aliphatic rings. The standard InChI is InChI=1S/C7H7ClO.C2H2O4/c8-7-3-1-6(5-9)2-4-7;3-1(4)2(5)6/h1-4,9H,5H2;(H,3,4)(H,5,6). The number of benzene rings is 1. The first-order valence-corrected chi connectivity index (χ1v) is 4.16. The molecule has 0 spiro atoms. The number of carboxylic acids is 2. The van der Waals surface area contributed by atoms with Crippen molar-refractivity contribution in [2.24, 2.45) is 0 Å². The molecule has 0 saturated carbocycles. The van der Waals surface area contributed by atoms with E-state index in [1.165, 1.54) is 0 Å². The minimum absolute atomic E-state index is 0.0805. The Morgan fingerprint density at radius 2 is 1.47 bits per heavy atom. The second kappa shape index (κ2) is 6.80. The Labute approximate surface area is 90.5 Å². The first kappa shape index (κ1) is 13.4. The topological polar surface area (TPSA) is 94.8 Å². The fourth-order valence-corrected chi connectivity index (χ4v) is 0.716. The van der Waals surface area contributed by atoms with Crippen molar-refractivity contribution in [2.75, 3.05) is 0 Å². The number of carboxylic acid groups (broad SMARTS) is 2. The highest BCUT2D eigenvalue weighted by atomic mass is 35.5. The minimum atomic E-state index is -1.82. The second-order valence-electron chi connectivity index (χ2n) is 2.39. The normalized spacial score (nSPS) is 8.67. The van der Waals surface area contributed by atoms with E-state index in [1.807, 2.05) is 0 Å². The summed E-state index contributed by atoms with van der Waals surface area (Å²) in [6, 6.07) is 7.10. The van der Waals surface area contributed by atoms with Gasteiger partial charge in [0.15, 0.2) is 0 Å². The molecule has 0 aliphatic heterocycles. The molecular weight excluding hydrogens is 224 g/mol. The van der Waals surface area contributed by atoms with E-state index in [1.54, 1.807) is 24.3 Å². The Morgan fingerprint density at radius 3 is 1.73 bits per heavy atom. The first-order chi connectivity index (χ1) is 6.97. The Hall–Kier alpha value is -1.59. The van der Waals surface area contributed by atoms with Gasteiger partial charge in [0.25, 0.3) is 0 Å². The zero-order chi connectivity index (χ0) is 11.8. The van der Waals surface area contributed by atoms with Crippen LogP contribution in [-0.2, 0) is 16.2 Å². The van der Waals surface area contributed by atoms with Gasteiger partial charge in [-0.3, -0.25) is 0 Å². The summed E-state index contributed by atoms with van der Waals surface area (Å²) in [4.78, 5) is 18.2. The Bertz CT molecular complexity index is 321. The molecule has 0 aromatic heterocycles.